The summed E-state index contributed by atoms with van der Waals surface area (Å²) in [4.78, 5) is 10.5. The molecule has 108 valence electrons. The number of rotatable bonds is 6. The Morgan fingerprint density at radius 3 is 2.58 bits per heavy atom. The van der Waals surface area contributed by atoms with Crippen molar-refractivity contribution < 1.29 is 18.3 Å². The Morgan fingerprint density at radius 2 is 2.16 bits per heavy atom. The minimum atomic E-state index is -3.77. The van der Waals surface area contributed by atoms with E-state index in [-0.39, 0.29) is 22.1 Å². The van der Waals surface area contributed by atoms with Gasteiger partial charge >= 0.3 is 5.97 Å². The van der Waals surface area contributed by atoms with E-state index in [0.29, 0.717) is 3.79 Å². The van der Waals surface area contributed by atoms with E-state index in [2.05, 4.69) is 20.7 Å². The number of halogens is 2. The molecule has 5 nitrogen and oxygen atoms in total. The number of sulfonamides is 1. The first-order valence-corrected chi connectivity index (χ1v) is 8.71. The zero-order chi connectivity index (χ0) is 14.8. The Labute approximate surface area is 129 Å². The van der Waals surface area contributed by atoms with E-state index < -0.39 is 21.5 Å². The van der Waals surface area contributed by atoms with Crippen molar-refractivity contribution in [2.75, 3.05) is 0 Å². The molecule has 1 aromatic heterocycles. The quantitative estimate of drug-likeness (QED) is 0.782. The summed E-state index contributed by atoms with van der Waals surface area (Å²) in [6.07, 6.45) is 0.0705. The average molecular weight is 391 g/mol. The molecule has 0 spiro atoms. The SMILES string of the molecule is CC(C)(CCC(=O)O)NS(=O)(=O)c1cc(Br)sc1Cl. The van der Waals surface area contributed by atoms with Crippen LogP contribution in [-0.4, -0.2) is 25.0 Å². The second kappa shape index (κ2) is 6.09. The molecule has 1 aromatic rings. The van der Waals surface area contributed by atoms with E-state index in [4.69, 9.17) is 16.7 Å². The highest BCUT2D eigenvalue weighted by Crippen LogP contribution is 2.35. The number of hydrogen-bond acceptors (Lipinski definition) is 4. The fourth-order valence-electron chi connectivity index (χ4n) is 1.40. The summed E-state index contributed by atoms with van der Waals surface area (Å²) in [5, 5.41) is 8.64. The standard InChI is InChI=1S/C10H13BrClNO4S2/c1-10(2,4-3-8(14)15)13-19(16,17)6-5-7(11)18-9(6)12/h5,13H,3-4H2,1-2H3,(H,14,15). The Kier molecular flexibility index (Phi) is 5.42. The van der Waals surface area contributed by atoms with Gasteiger partial charge in [0.1, 0.15) is 9.23 Å². The molecule has 0 aliphatic rings. The van der Waals surface area contributed by atoms with E-state index in [0.717, 1.165) is 11.3 Å². The third kappa shape index (κ3) is 5.03. The zero-order valence-electron chi connectivity index (χ0n) is 10.2. The van der Waals surface area contributed by atoms with Crippen molar-refractivity contribution in [3.05, 3.63) is 14.2 Å². The second-order valence-corrected chi connectivity index (χ2v) is 9.26. The third-order valence-electron chi connectivity index (χ3n) is 2.29. The first-order chi connectivity index (χ1) is 8.53. The van der Waals surface area contributed by atoms with Crippen LogP contribution in [0.4, 0.5) is 0 Å². The van der Waals surface area contributed by atoms with Gasteiger partial charge in [-0.3, -0.25) is 4.79 Å². The molecule has 0 amide bonds. The van der Waals surface area contributed by atoms with Crippen molar-refractivity contribution in [1.29, 1.82) is 0 Å². The van der Waals surface area contributed by atoms with Crippen LogP contribution in [0.5, 0.6) is 0 Å². The fourth-order valence-corrected chi connectivity index (χ4v) is 5.61. The molecule has 0 aromatic carbocycles. The van der Waals surface area contributed by atoms with Gasteiger partial charge in [-0.15, -0.1) is 11.3 Å². The molecule has 0 saturated carbocycles. The van der Waals surface area contributed by atoms with Crippen LogP contribution in [0.3, 0.4) is 0 Å². The van der Waals surface area contributed by atoms with Crippen molar-refractivity contribution in [2.24, 2.45) is 0 Å². The topological polar surface area (TPSA) is 83.5 Å². The Morgan fingerprint density at radius 1 is 1.58 bits per heavy atom. The lowest BCUT2D eigenvalue weighted by Gasteiger charge is -2.25. The van der Waals surface area contributed by atoms with E-state index in [1.807, 2.05) is 0 Å². The first kappa shape index (κ1) is 16.9. The van der Waals surface area contributed by atoms with Crippen LogP contribution in [0.15, 0.2) is 14.7 Å². The lowest BCUT2D eigenvalue weighted by atomic mass is 10.0. The van der Waals surface area contributed by atoms with Gasteiger partial charge in [0, 0.05) is 12.0 Å². The van der Waals surface area contributed by atoms with Gasteiger partial charge in [0.2, 0.25) is 10.0 Å². The third-order valence-corrected chi connectivity index (χ3v) is 6.11. The lowest BCUT2D eigenvalue weighted by Crippen LogP contribution is -2.43. The highest BCUT2D eigenvalue weighted by atomic mass is 79.9. The van der Waals surface area contributed by atoms with E-state index in [1.54, 1.807) is 13.8 Å². The molecule has 0 aliphatic carbocycles. The maximum absolute atomic E-state index is 12.2. The number of thiophene rings is 1. The molecule has 0 unspecified atom stereocenters. The van der Waals surface area contributed by atoms with Crippen LogP contribution in [0, 0.1) is 0 Å². The number of nitrogens with one attached hydrogen (secondary N) is 1. The van der Waals surface area contributed by atoms with Crippen molar-refractivity contribution in [3.63, 3.8) is 0 Å². The summed E-state index contributed by atoms with van der Waals surface area (Å²) in [6.45, 7) is 3.26. The molecule has 0 fully saturated rings. The van der Waals surface area contributed by atoms with E-state index >= 15 is 0 Å². The highest BCUT2D eigenvalue weighted by Gasteiger charge is 2.29. The predicted octanol–water partition coefficient (Wildman–Crippen LogP) is 3.09. The number of carboxylic acid groups (broad SMARTS) is 1. The van der Waals surface area contributed by atoms with Gasteiger partial charge in [-0.2, -0.15) is 0 Å². The second-order valence-electron chi connectivity index (χ2n) is 4.57. The summed E-state index contributed by atoms with van der Waals surface area (Å²) in [7, 11) is -3.77. The van der Waals surface area contributed by atoms with Gasteiger partial charge < -0.3 is 5.11 Å². The van der Waals surface area contributed by atoms with Crippen molar-refractivity contribution in [1.82, 2.24) is 4.72 Å². The molecule has 0 radical (unpaired) electrons. The summed E-state index contributed by atoms with van der Waals surface area (Å²) in [6, 6.07) is 1.42. The lowest BCUT2D eigenvalue weighted by molar-refractivity contribution is -0.137. The van der Waals surface area contributed by atoms with Gasteiger partial charge in [-0.05, 0) is 42.3 Å². The molecule has 0 atom stereocenters. The summed E-state index contributed by atoms with van der Waals surface area (Å²) in [5.74, 6) is -0.969. The zero-order valence-corrected chi connectivity index (χ0v) is 14.2. The molecule has 0 bridgehead atoms. The molecule has 2 N–H and O–H groups in total. The number of carboxylic acids is 1. The molecule has 0 saturated heterocycles. The van der Waals surface area contributed by atoms with Crippen LogP contribution in [0.1, 0.15) is 26.7 Å². The molecule has 19 heavy (non-hydrogen) atoms. The molecule has 1 rings (SSSR count). The van der Waals surface area contributed by atoms with Gasteiger partial charge in [-0.25, -0.2) is 13.1 Å². The van der Waals surface area contributed by atoms with Crippen LogP contribution in [0.2, 0.25) is 4.34 Å². The molecule has 0 aliphatic heterocycles. The molecular weight excluding hydrogens is 378 g/mol. The maximum Gasteiger partial charge on any atom is 0.303 e. The van der Waals surface area contributed by atoms with Crippen molar-refractivity contribution >= 4 is 54.9 Å². The van der Waals surface area contributed by atoms with Crippen LogP contribution in [-0.2, 0) is 14.8 Å². The summed E-state index contributed by atoms with van der Waals surface area (Å²) >= 11 is 10.1. The largest absolute Gasteiger partial charge is 0.481 e. The average Bonchev–Trinajstić information content (AvgIpc) is 2.54. The van der Waals surface area contributed by atoms with E-state index in [9.17, 15) is 13.2 Å². The fraction of sp³-hybridized carbons (Fsp3) is 0.500. The predicted molar refractivity (Wildman–Crippen MR) is 78.3 cm³/mol. The summed E-state index contributed by atoms with van der Waals surface area (Å²) < 4.78 is 27.6. The van der Waals surface area contributed by atoms with Crippen LogP contribution >= 0.6 is 38.9 Å². The number of carbonyl (C=O) groups is 1. The molecular formula is C10H13BrClNO4S2. The monoisotopic (exact) mass is 389 g/mol. The first-order valence-electron chi connectivity index (χ1n) is 5.24. The Bertz CT molecular complexity index is 582. The van der Waals surface area contributed by atoms with Gasteiger partial charge in [0.15, 0.2) is 0 Å². The highest BCUT2D eigenvalue weighted by molar-refractivity contribution is 9.11. The Balaban J connectivity index is 2.90. The minimum Gasteiger partial charge on any atom is -0.481 e. The maximum atomic E-state index is 12.2. The van der Waals surface area contributed by atoms with Crippen molar-refractivity contribution in [3.8, 4) is 0 Å². The van der Waals surface area contributed by atoms with Gasteiger partial charge in [0.25, 0.3) is 0 Å². The Hall–Kier alpha value is -0.150. The van der Waals surface area contributed by atoms with Gasteiger partial charge in [0.05, 0.1) is 3.79 Å². The number of aliphatic carboxylic acids is 1. The number of hydrogen-bond donors (Lipinski definition) is 2. The smallest absolute Gasteiger partial charge is 0.303 e. The molecule has 1 heterocycles. The van der Waals surface area contributed by atoms with Crippen LogP contribution in [0.25, 0.3) is 0 Å². The minimum absolute atomic E-state index is 0.00515. The van der Waals surface area contributed by atoms with Crippen molar-refractivity contribution in [2.45, 2.75) is 37.1 Å². The molecule has 9 heteroatoms. The normalized spacial score (nSPS) is 12.6. The van der Waals surface area contributed by atoms with E-state index in [1.165, 1.54) is 6.07 Å². The summed E-state index contributed by atoms with van der Waals surface area (Å²) in [5.41, 5.74) is -0.866. The van der Waals surface area contributed by atoms with Crippen LogP contribution < -0.4 is 4.72 Å². The van der Waals surface area contributed by atoms with Gasteiger partial charge in [-0.1, -0.05) is 11.6 Å².